The van der Waals surface area contributed by atoms with Gasteiger partial charge >= 0.3 is 0 Å². The quantitative estimate of drug-likeness (QED) is 0.534. The third-order valence-electron chi connectivity index (χ3n) is 3.75. The van der Waals surface area contributed by atoms with Crippen molar-refractivity contribution in [3.05, 3.63) is 66.3 Å². The Labute approximate surface area is 139 Å². The van der Waals surface area contributed by atoms with E-state index in [1.807, 2.05) is 6.07 Å². The smallest absolute Gasteiger partial charge is 0.276 e. The van der Waals surface area contributed by atoms with Gasteiger partial charge < -0.3 is 10.3 Å². The molecule has 0 aliphatic carbocycles. The highest BCUT2D eigenvalue weighted by atomic mass is 19.2. The Morgan fingerprint density at radius 3 is 2.80 bits per heavy atom. The molecule has 6 nitrogen and oxygen atoms in total. The summed E-state index contributed by atoms with van der Waals surface area (Å²) in [5.74, 6) is -2.42. The van der Waals surface area contributed by atoms with Gasteiger partial charge in [0.05, 0.1) is 16.9 Å². The van der Waals surface area contributed by atoms with E-state index in [-0.39, 0.29) is 5.69 Å². The minimum atomic E-state index is -0.985. The molecule has 1 aromatic carbocycles. The van der Waals surface area contributed by atoms with E-state index in [1.54, 1.807) is 24.5 Å². The van der Waals surface area contributed by atoms with Crippen LogP contribution in [0, 0.1) is 11.6 Å². The first-order valence-corrected chi connectivity index (χ1v) is 7.35. The van der Waals surface area contributed by atoms with Gasteiger partial charge in [-0.15, -0.1) is 0 Å². The van der Waals surface area contributed by atoms with Crippen molar-refractivity contribution in [1.29, 1.82) is 0 Å². The van der Waals surface area contributed by atoms with E-state index in [9.17, 15) is 13.6 Å². The molecule has 3 N–H and O–H groups in total. The molecule has 0 unspecified atom stereocenters. The Balaban J connectivity index is 1.61. The monoisotopic (exact) mass is 339 g/mol. The molecule has 4 rings (SSSR count). The highest BCUT2D eigenvalue weighted by molar-refractivity contribution is 6.08. The molecule has 0 aliphatic rings. The number of nitrogens with one attached hydrogen (secondary N) is 3. The van der Waals surface area contributed by atoms with Gasteiger partial charge in [0.25, 0.3) is 5.91 Å². The van der Waals surface area contributed by atoms with Crippen molar-refractivity contribution in [2.45, 2.75) is 0 Å². The number of hydrogen-bond donors (Lipinski definition) is 3. The second-order valence-electron chi connectivity index (χ2n) is 5.38. The average molecular weight is 339 g/mol. The van der Waals surface area contributed by atoms with Gasteiger partial charge in [0.15, 0.2) is 17.3 Å². The molecule has 0 bridgehead atoms. The van der Waals surface area contributed by atoms with Crippen molar-refractivity contribution in [3.8, 4) is 11.3 Å². The number of hydrogen-bond acceptors (Lipinski definition) is 3. The molecule has 8 heteroatoms. The van der Waals surface area contributed by atoms with Crippen molar-refractivity contribution in [2.24, 2.45) is 0 Å². The number of benzene rings is 1. The van der Waals surface area contributed by atoms with Gasteiger partial charge in [-0.05, 0) is 24.3 Å². The summed E-state index contributed by atoms with van der Waals surface area (Å²) in [5, 5.41) is 9.75. The summed E-state index contributed by atoms with van der Waals surface area (Å²) >= 11 is 0. The standard InChI is InChI=1S/C17H11F2N5O/c18-11-4-10-14(5-12(11)19)21-8-16(10)22-17(25)15-6-13(23-24-15)9-2-1-3-20-7-9/h1-8,21H,(H,22,25)(H,23,24). The Morgan fingerprint density at radius 1 is 1.16 bits per heavy atom. The maximum atomic E-state index is 13.4. The van der Waals surface area contributed by atoms with E-state index >= 15 is 0 Å². The van der Waals surface area contributed by atoms with E-state index in [2.05, 4.69) is 25.5 Å². The molecular weight excluding hydrogens is 328 g/mol. The van der Waals surface area contributed by atoms with Crippen LogP contribution in [0.1, 0.15) is 10.5 Å². The molecule has 0 saturated carbocycles. The lowest BCUT2D eigenvalue weighted by molar-refractivity contribution is 0.102. The Hall–Kier alpha value is -3.55. The van der Waals surface area contributed by atoms with Crippen LogP contribution in [0.2, 0.25) is 0 Å². The largest absolute Gasteiger partial charge is 0.359 e. The number of aromatic nitrogens is 4. The van der Waals surface area contributed by atoms with Crippen LogP contribution in [0.15, 0.2) is 48.9 Å². The number of rotatable bonds is 3. The van der Waals surface area contributed by atoms with Gasteiger partial charge in [-0.1, -0.05) is 0 Å². The molecule has 3 aromatic heterocycles. The molecule has 0 saturated heterocycles. The molecule has 3 heterocycles. The number of nitrogens with zero attached hydrogens (tertiary/aromatic N) is 2. The number of halogens is 2. The number of aromatic amines is 2. The van der Waals surface area contributed by atoms with Crippen molar-refractivity contribution in [2.75, 3.05) is 5.32 Å². The lowest BCUT2D eigenvalue weighted by Gasteiger charge is -2.01. The van der Waals surface area contributed by atoms with Crippen molar-refractivity contribution < 1.29 is 13.6 Å². The Bertz CT molecular complexity index is 1070. The number of anilines is 1. The maximum Gasteiger partial charge on any atom is 0.276 e. The molecule has 0 spiro atoms. The fraction of sp³-hybridized carbons (Fsp3) is 0. The zero-order valence-electron chi connectivity index (χ0n) is 12.7. The summed E-state index contributed by atoms with van der Waals surface area (Å²) in [4.78, 5) is 19.2. The van der Waals surface area contributed by atoms with Crippen LogP contribution in [0.4, 0.5) is 14.5 Å². The van der Waals surface area contributed by atoms with Crippen molar-refractivity contribution >= 4 is 22.5 Å². The summed E-state index contributed by atoms with van der Waals surface area (Å²) in [6, 6.07) is 7.26. The van der Waals surface area contributed by atoms with Crippen LogP contribution in [0.3, 0.4) is 0 Å². The van der Waals surface area contributed by atoms with Gasteiger partial charge in [-0.2, -0.15) is 5.10 Å². The highest BCUT2D eigenvalue weighted by Crippen LogP contribution is 2.26. The minimum absolute atomic E-state index is 0.163. The van der Waals surface area contributed by atoms with Gasteiger partial charge in [0, 0.05) is 35.6 Å². The molecule has 0 aliphatic heterocycles. The fourth-order valence-electron chi connectivity index (χ4n) is 2.51. The minimum Gasteiger partial charge on any atom is -0.359 e. The number of carbonyl (C=O) groups is 1. The van der Waals surface area contributed by atoms with Gasteiger partial charge in [0.2, 0.25) is 0 Å². The number of pyridine rings is 1. The average Bonchev–Trinajstić information content (AvgIpc) is 3.25. The maximum absolute atomic E-state index is 13.4. The summed E-state index contributed by atoms with van der Waals surface area (Å²) in [7, 11) is 0. The third kappa shape index (κ3) is 2.74. The molecule has 124 valence electrons. The third-order valence-corrected chi connectivity index (χ3v) is 3.75. The topological polar surface area (TPSA) is 86.5 Å². The van der Waals surface area contributed by atoms with Crippen LogP contribution in [-0.4, -0.2) is 26.1 Å². The summed E-state index contributed by atoms with van der Waals surface area (Å²) < 4.78 is 26.7. The highest BCUT2D eigenvalue weighted by Gasteiger charge is 2.15. The van der Waals surface area contributed by atoms with Crippen LogP contribution >= 0.6 is 0 Å². The van der Waals surface area contributed by atoms with E-state index in [1.165, 1.54) is 6.20 Å². The number of carbonyl (C=O) groups excluding carboxylic acids is 1. The first-order valence-electron chi connectivity index (χ1n) is 7.35. The second-order valence-corrected chi connectivity index (χ2v) is 5.38. The van der Waals surface area contributed by atoms with E-state index in [0.29, 0.717) is 22.3 Å². The Morgan fingerprint density at radius 2 is 2.00 bits per heavy atom. The molecule has 1 amide bonds. The molecule has 0 atom stereocenters. The van der Waals surface area contributed by atoms with Crippen LogP contribution in [0.25, 0.3) is 22.2 Å². The van der Waals surface area contributed by atoms with Crippen LogP contribution in [-0.2, 0) is 0 Å². The first-order chi connectivity index (χ1) is 12.1. The Kier molecular flexibility index (Phi) is 3.50. The summed E-state index contributed by atoms with van der Waals surface area (Å²) in [6.07, 6.45) is 4.76. The molecule has 4 aromatic rings. The van der Waals surface area contributed by atoms with Crippen LogP contribution in [0.5, 0.6) is 0 Å². The van der Waals surface area contributed by atoms with Gasteiger partial charge in [-0.25, -0.2) is 8.78 Å². The number of amides is 1. The lowest BCUT2D eigenvalue weighted by Crippen LogP contribution is -2.12. The zero-order chi connectivity index (χ0) is 17.4. The van der Waals surface area contributed by atoms with Gasteiger partial charge in [0.1, 0.15) is 0 Å². The van der Waals surface area contributed by atoms with Crippen molar-refractivity contribution in [1.82, 2.24) is 20.2 Å². The number of H-pyrrole nitrogens is 2. The lowest BCUT2D eigenvalue weighted by atomic mass is 10.2. The SMILES string of the molecule is O=C(Nc1c[nH]c2cc(F)c(F)cc12)c1cc(-c2cccnc2)[nH]n1. The summed E-state index contributed by atoms with van der Waals surface area (Å²) in [5.41, 5.74) is 2.32. The van der Waals surface area contributed by atoms with Gasteiger partial charge in [-0.3, -0.25) is 14.9 Å². The van der Waals surface area contributed by atoms with E-state index < -0.39 is 17.5 Å². The predicted octanol–water partition coefficient (Wildman–Crippen LogP) is 3.48. The summed E-state index contributed by atoms with van der Waals surface area (Å²) in [6.45, 7) is 0. The second kappa shape index (κ2) is 5.82. The molecule has 0 radical (unpaired) electrons. The zero-order valence-corrected chi connectivity index (χ0v) is 12.7. The fourth-order valence-corrected chi connectivity index (χ4v) is 2.51. The molecular formula is C17H11F2N5O. The normalized spacial score (nSPS) is 11.0. The predicted molar refractivity (Wildman–Crippen MR) is 88.0 cm³/mol. The molecule has 0 fully saturated rings. The molecule has 25 heavy (non-hydrogen) atoms. The van der Waals surface area contributed by atoms with E-state index in [0.717, 1.165) is 17.7 Å². The number of fused-ring (bicyclic) bond motifs is 1. The van der Waals surface area contributed by atoms with E-state index in [4.69, 9.17) is 0 Å². The van der Waals surface area contributed by atoms with Crippen LogP contribution < -0.4 is 5.32 Å². The first kappa shape index (κ1) is 15.0. The van der Waals surface area contributed by atoms with Crippen molar-refractivity contribution in [3.63, 3.8) is 0 Å².